The van der Waals surface area contributed by atoms with E-state index in [-0.39, 0.29) is 46.9 Å². The second-order valence-corrected chi connectivity index (χ2v) is 43.4. The van der Waals surface area contributed by atoms with Crippen molar-refractivity contribution in [2.45, 2.75) is 0 Å². The van der Waals surface area contributed by atoms with E-state index in [1.165, 1.54) is 28.4 Å². The molecule has 0 N–H and O–H groups in total. The summed E-state index contributed by atoms with van der Waals surface area (Å²) >= 11 is -4.16. The zero-order valence-electron chi connectivity index (χ0n) is 14.2. The van der Waals surface area contributed by atoms with Gasteiger partial charge in [-0.15, -0.1) is 0 Å². The number of carbonyl (C=O) groups is 4. The van der Waals surface area contributed by atoms with Gasteiger partial charge in [0.2, 0.25) is 0 Å². The number of hydrogen-bond acceptors (Lipinski definition) is 12. The molecule has 0 rings (SSSR count). The van der Waals surface area contributed by atoms with Crippen molar-refractivity contribution in [3.8, 4) is 0 Å². The second-order valence-electron chi connectivity index (χ2n) is 4.13. The van der Waals surface area contributed by atoms with Gasteiger partial charge < -0.3 is 0 Å². The van der Waals surface area contributed by atoms with E-state index in [0.717, 1.165) is 35.8 Å². The van der Waals surface area contributed by atoms with Crippen LogP contribution in [0.4, 0.5) is 0 Å². The number of ether oxygens (including phenoxy) is 4. The Kier molecular flexibility index (Phi) is 15.2. The van der Waals surface area contributed by atoms with Crippen LogP contribution >= 0.6 is 35.8 Å². The maximum absolute atomic E-state index is 12.1. The standard InChI is InChI=1S/4C3H6O2S.Sn/c4*1-5-2-3(4)6;/h4*2H2,1H3,(H,4,6);/q;;;;+4/p-4. The SMILES string of the molecule is COCC(=O)[S][Sn]([S]C(=O)COC)([S]C(=O)COC)[S]C(=O)COC. The maximum atomic E-state index is 12.1. The van der Waals surface area contributed by atoms with Gasteiger partial charge >= 0.3 is 162 Å². The Labute approximate surface area is 161 Å². The molecule has 25 heavy (non-hydrogen) atoms. The summed E-state index contributed by atoms with van der Waals surface area (Å²) in [6, 6.07) is 0. The Bertz CT molecular complexity index is 391. The molecular weight excluding hydrogens is 519 g/mol. The molecule has 0 aliphatic heterocycles. The van der Waals surface area contributed by atoms with Gasteiger partial charge in [0.1, 0.15) is 0 Å². The Morgan fingerprint density at radius 1 is 0.560 bits per heavy atom. The van der Waals surface area contributed by atoms with Crippen molar-refractivity contribution >= 4 is 69.1 Å². The van der Waals surface area contributed by atoms with E-state index in [1.54, 1.807) is 0 Å². The molecule has 13 heteroatoms. The Morgan fingerprint density at radius 2 is 0.760 bits per heavy atom. The molecule has 0 radical (unpaired) electrons. The summed E-state index contributed by atoms with van der Waals surface area (Å²) in [4.78, 5) is 48.4. The van der Waals surface area contributed by atoms with Crippen LogP contribution in [0.1, 0.15) is 0 Å². The predicted molar refractivity (Wildman–Crippen MR) is 104 cm³/mol. The number of rotatable bonds is 12. The third-order valence-corrected chi connectivity index (χ3v) is 40.9. The van der Waals surface area contributed by atoms with E-state index in [2.05, 4.69) is 0 Å². The fourth-order valence-corrected chi connectivity index (χ4v) is 44.5. The quantitative estimate of drug-likeness (QED) is 0.331. The van der Waals surface area contributed by atoms with E-state index in [4.69, 9.17) is 18.9 Å². The molecule has 0 spiro atoms. The van der Waals surface area contributed by atoms with Crippen molar-refractivity contribution in [1.82, 2.24) is 0 Å². The van der Waals surface area contributed by atoms with Crippen LogP contribution in [0.2, 0.25) is 0 Å². The van der Waals surface area contributed by atoms with Gasteiger partial charge in [-0.25, -0.2) is 0 Å². The molecule has 0 atom stereocenters. The average Bonchev–Trinajstić information content (AvgIpc) is 2.47. The van der Waals surface area contributed by atoms with Gasteiger partial charge in [-0.1, -0.05) is 0 Å². The molecule has 0 heterocycles. The van der Waals surface area contributed by atoms with Crippen LogP contribution in [-0.4, -0.2) is 88.2 Å². The van der Waals surface area contributed by atoms with Crippen LogP contribution in [0.15, 0.2) is 0 Å². The van der Waals surface area contributed by atoms with E-state index >= 15 is 0 Å². The van der Waals surface area contributed by atoms with Gasteiger partial charge in [0, 0.05) is 0 Å². The monoisotopic (exact) mass is 540 g/mol. The Hall–Kier alpha value is 0.719. The van der Waals surface area contributed by atoms with E-state index in [9.17, 15) is 19.2 Å². The van der Waals surface area contributed by atoms with Crippen LogP contribution in [0.3, 0.4) is 0 Å². The summed E-state index contributed by atoms with van der Waals surface area (Å²) in [5.74, 6) is 0. The summed E-state index contributed by atoms with van der Waals surface area (Å²) in [5.41, 5.74) is 0. The molecule has 0 amide bonds. The molecule has 0 aromatic carbocycles. The fourth-order valence-electron chi connectivity index (χ4n) is 1.27. The molecule has 0 bridgehead atoms. The minimum absolute atomic E-state index is 0.180. The average molecular weight is 539 g/mol. The first-order chi connectivity index (χ1) is 11.8. The van der Waals surface area contributed by atoms with E-state index < -0.39 is 12.8 Å². The normalized spacial score (nSPS) is 11.4. The van der Waals surface area contributed by atoms with E-state index in [1.807, 2.05) is 0 Å². The Morgan fingerprint density at radius 3 is 0.920 bits per heavy atom. The number of carbonyl (C=O) groups excluding carboxylic acids is 4. The molecule has 0 saturated heterocycles. The fraction of sp³-hybridized carbons (Fsp3) is 0.667. The zero-order chi connectivity index (χ0) is 19.3. The van der Waals surface area contributed by atoms with Crippen molar-refractivity contribution in [2.75, 3.05) is 54.9 Å². The molecular formula is C12H20O8S4Sn. The molecule has 144 valence electrons. The molecule has 0 aliphatic carbocycles. The first-order valence-electron chi connectivity index (χ1n) is 6.65. The molecule has 0 aromatic rings. The van der Waals surface area contributed by atoms with Gasteiger partial charge in [0.05, 0.1) is 0 Å². The molecule has 0 saturated carbocycles. The van der Waals surface area contributed by atoms with Gasteiger partial charge in [0.15, 0.2) is 0 Å². The summed E-state index contributed by atoms with van der Waals surface area (Å²) < 4.78 is 19.3. The summed E-state index contributed by atoms with van der Waals surface area (Å²) in [5, 5.41) is -1.36. The van der Waals surface area contributed by atoms with Crippen LogP contribution in [-0.2, 0) is 38.1 Å². The van der Waals surface area contributed by atoms with Crippen LogP contribution in [0.25, 0.3) is 0 Å². The van der Waals surface area contributed by atoms with Gasteiger partial charge in [0.25, 0.3) is 0 Å². The van der Waals surface area contributed by atoms with Gasteiger partial charge in [-0.3, -0.25) is 0 Å². The van der Waals surface area contributed by atoms with Crippen LogP contribution in [0.5, 0.6) is 0 Å². The van der Waals surface area contributed by atoms with Crippen molar-refractivity contribution in [1.29, 1.82) is 0 Å². The summed E-state index contributed by atoms with van der Waals surface area (Å²) in [6.07, 6.45) is 0. The van der Waals surface area contributed by atoms with Crippen LogP contribution < -0.4 is 0 Å². The summed E-state index contributed by atoms with van der Waals surface area (Å²) in [6.45, 7) is -0.721. The zero-order valence-corrected chi connectivity index (χ0v) is 20.3. The van der Waals surface area contributed by atoms with Gasteiger partial charge in [-0.2, -0.15) is 0 Å². The number of methoxy groups -OCH3 is 4. The molecule has 0 aliphatic rings. The Balaban J connectivity index is 5.55. The minimum atomic E-state index is -4.16. The number of hydrogen-bond donors (Lipinski definition) is 0. The third-order valence-electron chi connectivity index (χ3n) is 2.00. The predicted octanol–water partition coefficient (Wildman–Crippen LogP) is 1.05. The molecule has 0 fully saturated rings. The molecule has 0 unspecified atom stereocenters. The van der Waals surface area contributed by atoms with Gasteiger partial charge in [-0.05, 0) is 0 Å². The molecule has 0 aromatic heterocycles. The molecule has 8 nitrogen and oxygen atoms in total. The first-order valence-corrected chi connectivity index (χ1v) is 23.9. The van der Waals surface area contributed by atoms with Crippen LogP contribution in [0, 0.1) is 0 Å². The van der Waals surface area contributed by atoms with Crippen molar-refractivity contribution in [3.05, 3.63) is 0 Å². The third kappa shape index (κ3) is 11.9. The van der Waals surface area contributed by atoms with E-state index in [0.29, 0.717) is 0 Å². The second kappa shape index (κ2) is 14.7. The van der Waals surface area contributed by atoms with Crippen molar-refractivity contribution < 1.29 is 38.1 Å². The first kappa shape index (κ1) is 25.7. The summed E-state index contributed by atoms with van der Waals surface area (Å²) in [7, 11) is 9.01. The van der Waals surface area contributed by atoms with Crippen molar-refractivity contribution in [3.63, 3.8) is 0 Å². The van der Waals surface area contributed by atoms with Crippen molar-refractivity contribution in [2.24, 2.45) is 0 Å². The topological polar surface area (TPSA) is 105 Å².